The van der Waals surface area contributed by atoms with E-state index in [4.69, 9.17) is 12.2 Å². The highest BCUT2D eigenvalue weighted by atomic mass is 32.2. The molecule has 3 aromatic rings. The quantitative estimate of drug-likeness (QED) is 0.550. The number of aromatic nitrogens is 2. The number of thioether (sulfide) groups is 1. The van der Waals surface area contributed by atoms with Gasteiger partial charge in [0.25, 0.3) is 0 Å². The fourth-order valence-corrected chi connectivity index (χ4v) is 2.73. The van der Waals surface area contributed by atoms with E-state index in [1.54, 1.807) is 0 Å². The second kappa shape index (κ2) is 5.42. The van der Waals surface area contributed by atoms with Crippen molar-refractivity contribution in [2.75, 3.05) is 5.32 Å². The summed E-state index contributed by atoms with van der Waals surface area (Å²) >= 11 is 6.73. The van der Waals surface area contributed by atoms with Gasteiger partial charge in [-0.2, -0.15) is 0 Å². The standard InChI is InChI=1S/C14H11N3S2/c18-14(15-10-6-2-1-3-7-10)19-13-16-11-8-4-5-9-12(11)17-13/h1-9H,(H,15,18)(H,16,17). The van der Waals surface area contributed by atoms with E-state index in [1.165, 1.54) is 11.8 Å². The Bertz CT molecular complexity index is 674. The van der Waals surface area contributed by atoms with Crippen molar-refractivity contribution in [1.29, 1.82) is 0 Å². The lowest BCUT2D eigenvalue weighted by Crippen LogP contribution is -2.04. The van der Waals surface area contributed by atoms with Crippen molar-refractivity contribution < 1.29 is 0 Å². The predicted octanol–water partition coefficient (Wildman–Crippen LogP) is 4.05. The molecule has 0 saturated carbocycles. The van der Waals surface area contributed by atoms with E-state index in [2.05, 4.69) is 15.3 Å². The maximum Gasteiger partial charge on any atom is 0.173 e. The zero-order valence-corrected chi connectivity index (χ0v) is 11.6. The monoisotopic (exact) mass is 285 g/mol. The summed E-state index contributed by atoms with van der Waals surface area (Å²) in [7, 11) is 0. The molecule has 2 aromatic carbocycles. The number of thiocarbonyl (C=S) groups is 1. The van der Waals surface area contributed by atoms with Crippen LogP contribution < -0.4 is 5.32 Å². The first-order chi connectivity index (χ1) is 9.31. The van der Waals surface area contributed by atoms with Gasteiger partial charge in [0.05, 0.1) is 11.0 Å². The van der Waals surface area contributed by atoms with E-state index in [-0.39, 0.29) is 0 Å². The third kappa shape index (κ3) is 2.94. The molecule has 0 radical (unpaired) electrons. The van der Waals surface area contributed by atoms with Gasteiger partial charge in [-0.1, -0.05) is 42.5 Å². The minimum atomic E-state index is 0.672. The van der Waals surface area contributed by atoms with E-state index in [1.807, 2.05) is 54.6 Å². The maximum absolute atomic E-state index is 5.31. The Morgan fingerprint density at radius 1 is 1.05 bits per heavy atom. The number of imidazole rings is 1. The summed E-state index contributed by atoms with van der Waals surface area (Å²) < 4.78 is 0.672. The molecule has 5 heteroatoms. The average Bonchev–Trinajstić information content (AvgIpc) is 2.81. The number of hydrogen-bond donors (Lipinski definition) is 2. The fourth-order valence-electron chi connectivity index (χ4n) is 1.73. The van der Waals surface area contributed by atoms with Crippen molar-refractivity contribution in [3.05, 3.63) is 54.6 Å². The lowest BCUT2D eigenvalue weighted by Gasteiger charge is -2.04. The average molecular weight is 285 g/mol. The molecule has 3 rings (SSSR count). The van der Waals surface area contributed by atoms with Gasteiger partial charge in [0.15, 0.2) is 5.16 Å². The van der Waals surface area contributed by atoms with Crippen molar-refractivity contribution in [2.24, 2.45) is 0 Å². The molecule has 0 fully saturated rings. The van der Waals surface area contributed by atoms with E-state index >= 15 is 0 Å². The van der Waals surface area contributed by atoms with Crippen molar-refractivity contribution in [2.45, 2.75) is 5.16 Å². The van der Waals surface area contributed by atoms with E-state index in [0.717, 1.165) is 21.9 Å². The normalized spacial score (nSPS) is 10.5. The highest BCUT2D eigenvalue weighted by Crippen LogP contribution is 2.21. The minimum Gasteiger partial charge on any atom is -0.341 e. The number of para-hydroxylation sites is 3. The van der Waals surface area contributed by atoms with Crippen LogP contribution in [0.5, 0.6) is 0 Å². The van der Waals surface area contributed by atoms with Gasteiger partial charge in [-0.3, -0.25) is 0 Å². The van der Waals surface area contributed by atoms with E-state index in [0.29, 0.717) is 4.32 Å². The molecule has 0 unspecified atom stereocenters. The summed E-state index contributed by atoms with van der Waals surface area (Å²) in [5.41, 5.74) is 2.95. The Morgan fingerprint density at radius 3 is 2.58 bits per heavy atom. The summed E-state index contributed by atoms with van der Waals surface area (Å²) in [5.74, 6) is 0. The Kier molecular flexibility index (Phi) is 3.48. The number of nitrogens with one attached hydrogen (secondary N) is 2. The van der Waals surface area contributed by atoms with Crippen LogP contribution in [0.1, 0.15) is 0 Å². The largest absolute Gasteiger partial charge is 0.341 e. The molecule has 0 saturated heterocycles. The first-order valence-electron chi connectivity index (χ1n) is 5.80. The SMILES string of the molecule is S=C(Nc1ccccc1)Sc1nc2ccccc2[nH]1. The van der Waals surface area contributed by atoms with Gasteiger partial charge in [-0.05, 0) is 36.0 Å². The molecule has 0 atom stereocenters. The molecule has 0 bridgehead atoms. The lowest BCUT2D eigenvalue weighted by molar-refractivity contribution is 1.09. The molecule has 2 N–H and O–H groups in total. The number of nitrogens with zero attached hydrogens (tertiary/aromatic N) is 1. The molecule has 0 aliphatic heterocycles. The number of fused-ring (bicyclic) bond motifs is 1. The summed E-state index contributed by atoms with van der Waals surface area (Å²) in [4.78, 5) is 7.71. The Labute approximate surface area is 120 Å². The van der Waals surface area contributed by atoms with Crippen LogP contribution >= 0.6 is 24.0 Å². The highest BCUT2D eigenvalue weighted by molar-refractivity contribution is 8.23. The summed E-state index contributed by atoms with van der Waals surface area (Å²) in [6, 6.07) is 17.8. The third-order valence-electron chi connectivity index (χ3n) is 2.58. The third-order valence-corrected chi connectivity index (χ3v) is 3.60. The number of aromatic amines is 1. The molecule has 19 heavy (non-hydrogen) atoms. The Balaban J connectivity index is 1.72. The molecule has 3 nitrogen and oxygen atoms in total. The van der Waals surface area contributed by atoms with Gasteiger partial charge in [0.2, 0.25) is 0 Å². The molecule has 94 valence electrons. The maximum atomic E-state index is 5.31. The zero-order valence-electron chi connectivity index (χ0n) is 9.96. The van der Waals surface area contributed by atoms with Gasteiger partial charge < -0.3 is 10.3 Å². The van der Waals surface area contributed by atoms with Crippen LogP contribution in [-0.4, -0.2) is 14.3 Å². The molecular weight excluding hydrogens is 274 g/mol. The first-order valence-corrected chi connectivity index (χ1v) is 7.02. The predicted molar refractivity (Wildman–Crippen MR) is 84.6 cm³/mol. The number of H-pyrrole nitrogens is 1. The van der Waals surface area contributed by atoms with Gasteiger partial charge in [-0.25, -0.2) is 4.98 Å². The number of rotatable bonds is 2. The Morgan fingerprint density at radius 2 is 1.79 bits per heavy atom. The minimum absolute atomic E-state index is 0.672. The molecule has 0 aliphatic carbocycles. The molecule has 1 heterocycles. The van der Waals surface area contributed by atoms with Crippen molar-refractivity contribution in [3.63, 3.8) is 0 Å². The van der Waals surface area contributed by atoms with Crippen LogP contribution in [0.2, 0.25) is 0 Å². The zero-order chi connectivity index (χ0) is 13.1. The molecule has 0 amide bonds. The van der Waals surface area contributed by atoms with Crippen LogP contribution in [0.15, 0.2) is 59.8 Å². The van der Waals surface area contributed by atoms with Crippen molar-refractivity contribution in [1.82, 2.24) is 9.97 Å². The second-order valence-electron chi connectivity index (χ2n) is 3.94. The van der Waals surface area contributed by atoms with Crippen LogP contribution in [0.3, 0.4) is 0 Å². The topological polar surface area (TPSA) is 40.7 Å². The molecule has 1 aromatic heterocycles. The fraction of sp³-hybridized carbons (Fsp3) is 0. The second-order valence-corrected chi connectivity index (χ2v) is 5.61. The number of benzene rings is 2. The van der Waals surface area contributed by atoms with E-state index in [9.17, 15) is 0 Å². The lowest BCUT2D eigenvalue weighted by atomic mass is 10.3. The van der Waals surface area contributed by atoms with E-state index < -0.39 is 0 Å². The molecule has 0 spiro atoms. The number of hydrogen-bond acceptors (Lipinski definition) is 3. The van der Waals surface area contributed by atoms with Crippen LogP contribution in [0, 0.1) is 0 Å². The number of anilines is 1. The van der Waals surface area contributed by atoms with Crippen LogP contribution in [0.4, 0.5) is 5.69 Å². The van der Waals surface area contributed by atoms with Gasteiger partial charge in [0, 0.05) is 5.69 Å². The van der Waals surface area contributed by atoms with Gasteiger partial charge in [-0.15, -0.1) is 0 Å². The Hall–Kier alpha value is -1.85. The first kappa shape index (κ1) is 12.2. The van der Waals surface area contributed by atoms with Gasteiger partial charge in [0.1, 0.15) is 4.32 Å². The van der Waals surface area contributed by atoms with Gasteiger partial charge >= 0.3 is 0 Å². The summed E-state index contributed by atoms with van der Waals surface area (Å²) in [6.45, 7) is 0. The highest BCUT2D eigenvalue weighted by Gasteiger charge is 2.06. The smallest absolute Gasteiger partial charge is 0.173 e. The van der Waals surface area contributed by atoms with Crippen LogP contribution in [0.25, 0.3) is 11.0 Å². The molecule has 0 aliphatic rings. The van der Waals surface area contributed by atoms with Crippen LogP contribution in [-0.2, 0) is 0 Å². The molecular formula is C14H11N3S2. The van der Waals surface area contributed by atoms with Crippen molar-refractivity contribution in [3.8, 4) is 0 Å². The summed E-state index contributed by atoms with van der Waals surface area (Å²) in [6.07, 6.45) is 0. The van der Waals surface area contributed by atoms with Crippen molar-refractivity contribution >= 4 is 45.0 Å². The summed E-state index contributed by atoms with van der Waals surface area (Å²) in [5, 5.41) is 3.97.